The first kappa shape index (κ1) is 32.3. The van der Waals surface area contributed by atoms with E-state index in [2.05, 4.69) is 32.9 Å². The van der Waals surface area contributed by atoms with Gasteiger partial charge in [0.15, 0.2) is 12.6 Å². The molecule has 0 aromatic rings. The molecule has 2 N–H and O–H groups in total. The Bertz CT molecular complexity index is 756. The number of hydrogen-bond donors (Lipinski definition) is 2. The first-order valence-electron chi connectivity index (χ1n) is 15.7. The molecular formula is C32H54O7. The van der Waals surface area contributed by atoms with Crippen molar-refractivity contribution in [1.82, 2.24) is 0 Å². The number of carboxylic acid groups (broad SMARTS) is 1. The third kappa shape index (κ3) is 10.6. The number of aliphatic hydroxyl groups excluding tert-OH is 1. The van der Waals surface area contributed by atoms with E-state index >= 15 is 0 Å². The summed E-state index contributed by atoms with van der Waals surface area (Å²) < 4.78 is 25.1. The second-order valence-corrected chi connectivity index (χ2v) is 12.0. The van der Waals surface area contributed by atoms with Crippen molar-refractivity contribution < 1.29 is 34.0 Å². The smallest absolute Gasteiger partial charge is 0.327 e. The van der Waals surface area contributed by atoms with E-state index in [4.69, 9.17) is 24.1 Å². The van der Waals surface area contributed by atoms with Crippen molar-refractivity contribution in [3.05, 3.63) is 24.3 Å². The standard InChI is InChI=1S/C32H54O7/c1-4-5-14-24(2)32(3,39-31-18-11-13-22-37-31)20-19-26-25(15-8-6-7-9-16-29(34)35)27(33)23-28(26)38-30-17-10-12-21-36-30/h9,16,19-20,24-28,30-31,33H,4-8,10-15,17-18,21-23H2,1-3H3,(H,34,35)/b16-9+,20-19+/t24?,25-,26-,27+,28-,30?,31?,32?/m1/s1. The van der Waals surface area contributed by atoms with Gasteiger partial charge in [-0.1, -0.05) is 51.3 Å². The van der Waals surface area contributed by atoms with Gasteiger partial charge in [0, 0.05) is 31.6 Å². The van der Waals surface area contributed by atoms with Crippen molar-refractivity contribution in [2.45, 2.75) is 141 Å². The van der Waals surface area contributed by atoms with Crippen LogP contribution in [0.15, 0.2) is 24.3 Å². The molecule has 0 amide bonds. The molecule has 2 aliphatic heterocycles. The molecule has 3 fully saturated rings. The summed E-state index contributed by atoms with van der Waals surface area (Å²) in [5, 5.41) is 20.0. The number of carbonyl (C=O) groups is 1. The van der Waals surface area contributed by atoms with Crippen molar-refractivity contribution in [1.29, 1.82) is 0 Å². The highest BCUT2D eigenvalue weighted by Gasteiger charge is 2.43. The first-order valence-corrected chi connectivity index (χ1v) is 15.7. The zero-order valence-corrected chi connectivity index (χ0v) is 24.6. The number of rotatable bonds is 16. The lowest BCUT2D eigenvalue weighted by atomic mass is 9.82. The maximum Gasteiger partial charge on any atom is 0.327 e. The molecule has 2 saturated heterocycles. The van der Waals surface area contributed by atoms with Crippen molar-refractivity contribution in [3.8, 4) is 0 Å². The predicted octanol–water partition coefficient (Wildman–Crippen LogP) is 6.78. The molecule has 7 heteroatoms. The minimum absolute atomic E-state index is 0.0636. The van der Waals surface area contributed by atoms with Gasteiger partial charge < -0.3 is 29.2 Å². The summed E-state index contributed by atoms with van der Waals surface area (Å²) in [5.74, 6) is -0.437. The average molecular weight is 551 g/mol. The highest BCUT2D eigenvalue weighted by molar-refractivity contribution is 5.79. The number of aliphatic carboxylic acids is 1. The molecule has 0 aromatic heterocycles. The van der Waals surface area contributed by atoms with Gasteiger partial charge in [0.1, 0.15) is 0 Å². The molecule has 1 saturated carbocycles. The molecule has 4 unspecified atom stereocenters. The van der Waals surface area contributed by atoms with Crippen LogP contribution in [0.4, 0.5) is 0 Å². The molecule has 3 rings (SSSR count). The van der Waals surface area contributed by atoms with Crippen molar-refractivity contribution in [2.75, 3.05) is 13.2 Å². The molecule has 7 nitrogen and oxygen atoms in total. The number of allylic oxidation sites excluding steroid dienone is 1. The fraction of sp³-hybridized carbons (Fsp3) is 0.844. The SMILES string of the molecule is CCCCC(C)C(C)(/C=C/[C@@H]1[C@@H](CCCC/C=C/C(=O)O)[C@@H](O)C[C@H]1OC1CCCCO1)OC1CCCCO1. The van der Waals surface area contributed by atoms with Crippen LogP contribution in [-0.2, 0) is 23.7 Å². The number of carboxylic acids is 1. The van der Waals surface area contributed by atoms with Crippen molar-refractivity contribution in [3.63, 3.8) is 0 Å². The maximum atomic E-state index is 11.2. The van der Waals surface area contributed by atoms with E-state index in [9.17, 15) is 9.90 Å². The quantitative estimate of drug-likeness (QED) is 0.124. The highest BCUT2D eigenvalue weighted by Crippen LogP contribution is 2.41. The number of aliphatic hydroxyl groups is 1. The summed E-state index contributed by atoms with van der Waals surface area (Å²) in [6.07, 6.45) is 20.2. The van der Waals surface area contributed by atoms with E-state index in [1.165, 1.54) is 6.08 Å². The van der Waals surface area contributed by atoms with Gasteiger partial charge in [0.05, 0.1) is 17.8 Å². The molecule has 0 radical (unpaired) electrons. The first-order chi connectivity index (χ1) is 18.8. The molecule has 39 heavy (non-hydrogen) atoms. The summed E-state index contributed by atoms with van der Waals surface area (Å²) in [6, 6.07) is 0. The summed E-state index contributed by atoms with van der Waals surface area (Å²) in [7, 11) is 0. The van der Waals surface area contributed by atoms with Gasteiger partial charge in [-0.2, -0.15) is 0 Å². The van der Waals surface area contributed by atoms with E-state index in [0.717, 1.165) is 96.7 Å². The molecule has 0 bridgehead atoms. The van der Waals surface area contributed by atoms with Crippen LogP contribution >= 0.6 is 0 Å². The summed E-state index contributed by atoms with van der Waals surface area (Å²) in [4.78, 5) is 10.7. The Morgan fingerprint density at radius 1 is 1.08 bits per heavy atom. The molecule has 3 aliphatic rings. The molecule has 2 heterocycles. The van der Waals surface area contributed by atoms with E-state index < -0.39 is 17.7 Å². The Kier molecular flexibility index (Phi) is 14.0. The third-order valence-corrected chi connectivity index (χ3v) is 8.92. The monoisotopic (exact) mass is 550 g/mol. The summed E-state index contributed by atoms with van der Waals surface area (Å²) in [6.45, 7) is 8.18. The molecule has 1 aliphatic carbocycles. The van der Waals surface area contributed by atoms with Crippen LogP contribution in [0.2, 0.25) is 0 Å². The van der Waals surface area contributed by atoms with Crippen molar-refractivity contribution >= 4 is 5.97 Å². The zero-order chi connectivity index (χ0) is 28.1. The minimum Gasteiger partial charge on any atom is -0.478 e. The van der Waals surface area contributed by atoms with Gasteiger partial charge in [-0.3, -0.25) is 0 Å². The average Bonchev–Trinajstić information content (AvgIpc) is 3.22. The Morgan fingerprint density at radius 2 is 1.79 bits per heavy atom. The van der Waals surface area contributed by atoms with E-state index in [1.807, 2.05) is 0 Å². The van der Waals surface area contributed by atoms with Crippen LogP contribution in [0, 0.1) is 17.8 Å². The summed E-state index contributed by atoms with van der Waals surface area (Å²) >= 11 is 0. The lowest BCUT2D eigenvalue weighted by Gasteiger charge is -2.38. The number of unbranched alkanes of at least 4 members (excludes halogenated alkanes) is 3. The maximum absolute atomic E-state index is 11.2. The Balaban J connectivity index is 1.75. The van der Waals surface area contributed by atoms with E-state index in [0.29, 0.717) is 12.3 Å². The van der Waals surface area contributed by atoms with Crippen LogP contribution in [-0.4, -0.2) is 59.8 Å². The van der Waals surface area contributed by atoms with E-state index in [-0.39, 0.29) is 30.5 Å². The van der Waals surface area contributed by atoms with Crippen LogP contribution in [0.1, 0.15) is 111 Å². The van der Waals surface area contributed by atoms with Gasteiger partial charge in [-0.25, -0.2) is 4.79 Å². The second kappa shape index (κ2) is 16.9. The van der Waals surface area contributed by atoms with Crippen LogP contribution in [0.5, 0.6) is 0 Å². The molecular weight excluding hydrogens is 496 g/mol. The molecule has 0 aromatic carbocycles. The fourth-order valence-corrected chi connectivity index (χ4v) is 6.25. The van der Waals surface area contributed by atoms with Crippen LogP contribution in [0.3, 0.4) is 0 Å². The fourth-order valence-electron chi connectivity index (χ4n) is 6.25. The highest BCUT2D eigenvalue weighted by atomic mass is 16.7. The third-order valence-electron chi connectivity index (χ3n) is 8.92. The Hall–Kier alpha value is -1.25. The minimum atomic E-state index is -0.909. The van der Waals surface area contributed by atoms with Gasteiger partial charge in [0.25, 0.3) is 0 Å². The van der Waals surface area contributed by atoms with Crippen LogP contribution in [0.25, 0.3) is 0 Å². The van der Waals surface area contributed by atoms with Gasteiger partial charge >= 0.3 is 5.97 Å². The molecule has 8 atom stereocenters. The number of ether oxygens (including phenoxy) is 4. The molecule has 0 spiro atoms. The number of hydrogen-bond acceptors (Lipinski definition) is 6. The summed E-state index contributed by atoms with van der Waals surface area (Å²) in [5.41, 5.74) is -0.469. The molecule has 224 valence electrons. The lowest BCUT2D eigenvalue weighted by molar-refractivity contribution is -0.219. The second-order valence-electron chi connectivity index (χ2n) is 12.0. The lowest BCUT2D eigenvalue weighted by Crippen LogP contribution is -2.40. The Morgan fingerprint density at radius 3 is 2.44 bits per heavy atom. The normalized spacial score (nSPS) is 32.5. The predicted molar refractivity (Wildman–Crippen MR) is 152 cm³/mol. The Labute approximate surface area is 236 Å². The van der Waals surface area contributed by atoms with Gasteiger partial charge in [0.2, 0.25) is 0 Å². The van der Waals surface area contributed by atoms with E-state index in [1.54, 1.807) is 6.08 Å². The zero-order valence-electron chi connectivity index (χ0n) is 24.6. The van der Waals surface area contributed by atoms with Gasteiger partial charge in [-0.15, -0.1) is 0 Å². The largest absolute Gasteiger partial charge is 0.478 e. The topological polar surface area (TPSA) is 94.5 Å². The van der Waals surface area contributed by atoms with Crippen LogP contribution < -0.4 is 0 Å². The van der Waals surface area contributed by atoms with Gasteiger partial charge in [-0.05, 0) is 83.0 Å². The van der Waals surface area contributed by atoms with Crippen molar-refractivity contribution in [2.24, 2.45) is 17.8 Å².